The minimum Gasteiger partial charge on any atom is -0.372 e. The molecule has 1 aromatic heterocycles. The molecule has 0 radical (unpaired) electrons. The molecule has 2 heterocycles. The smallest absolute Gasteiger partial charge is 0.368 e. The number of ether oxygens (including phenoxy) is 1. The third-order valence-electron chi connectivity index (χ3n) is 3.70. The largest absolute Gasteiger partial charge is 0.372 e. The number of nitrogens with zero attached hydrogens (tertiary/aromatic N) is 5. The van der Waals surface area contributed by atoms with Gasteiger partial charge in [-0.25, -0.2) is 4.79 Å². The van der Waals surface area contributed by atoms with Crippen molar-refractivity contribution in [3.8, 4) is 5.69 Å². The molecule has 1 saturated heterocycles. The number of benzene rings is 1. The highest BCUT2D eigenvalue weighted by Crippen LogP contribution is 2.11. The fraction of sp³-hybridized carbons (Fsp3) is 0.467. The summed E-state index contributed by atoms with van der Waals surface area (Å²) in [6.07, 6.45) is -0.0288. The van der Waals surface area contributed by atoms with Crippen LogP contribution in [0.15, 0.2) is 35.1 Å². The van der Waals surface area contributed by atoms with E-state index in [1.807, 2.05) is 32.0 Å². The molecular formula is C15H19N5O3. The Balaban J connectivity index is 1.75. The van der Waals surface area contributed by atoms with E-state index >= 15 is 0 Å². The van der Waals surface area contributed by atoms with E-state index in [0.717, 1.165) is 4.68 Å². The fourth-order valence-corrected chi connectivity index (χ4v) is 2.71. The molecule has 0 unspecified atom stereocenters. The number of hydrogen-bond donors (Lipinski definition) is 0. The van der Waals surface area contributed by atoms with Crippen LogP contribution in [0.25, 0.3) is 5.69 Å². The lowest BCUT2D eigenvalue weighted by Gasteiger charge is -2.35. The van der Waals surface area contributed by atoms with Crippen molar-refractivity contribution in [1.29, 1.82) is 0 Å². The van der Waals surface area contributed by atoms with E-state index in [0.29, 0.717) is 18.8 Å². The van der Waals surface area contributed by atoms with Crippen molar-refractivity contribution in [3.05, 3.63) is 40.8 Å². The number of tetrazole rings is 1. The van der Waals surface area contributed by atoms with E-state index in [4.69, 9.17) is 4.74 Å². The van der Waals surface area contributed by atoms with E-state index in [2.05, 4.69) is 10.4 Å². The first kappa shape index (κ1) is 15.4. The van der Waals surface area contributed by atoms with Gasteiger partial charge in [-0.2, -0.15) is 9.36 Å². The van der Waals surface area contributed by atoms with Gasteiger partial charge in [0.2, 0.25) is 5.91 Å². The van der Waals surface area contributed by atoms with Crippen LogP contribution in [-0.4, -0.2) is 55.9 Å². The number of hydrogen-bond acceptors (Lipinski definition) is 5. The Labute approximate surface area is 133 Å². The molecule has 0 N–H and O–H groups in total. The summed E-state index contributed by atoms with van der Waals surface area (Å²) in [6.45, 7) is 4.77. The minimum absolute atomic E-state index is 0.0144. The van der Waals surface area contributed by atoms with Crippen LogP contribution in [0.2, 0.25) is 0 Å². The zero-order valence-corrected chi connectivity index (χ0v) is 13.1. The lowest BCUT2D eigenvalue weighted by molar-refractivity contribution is -0.144. The monoisotopic (exact) mass is 317 g/mol. The van der Waals surface area contributed by atoms with Gasteiger partial charge in [0, 0.05) is 13.1 Å². The van der Waals surface area contributed by atoms with Gasteiger partial charge < -0.3 is 9.64 Å². The first-order valence-electron chi connectivity index (χ1n) is 7.56. The number of morpholine rings is 1. The van der Waals surface area contributed by atoms with Gasteiger partial charge in [0.05, 0.1) is 17.9 Å². The normalized spacial score (nSPS) is 21.4. The Kier molecular flexibility index (Phi) is 4.24. The molecule has 0 bridgehead atoms. The van der Waals surface area contributed by atoms with Crippen LogP contribution in [0.1, 0.15) is 13.8 Å². The lowest BCUT2D eigenvalue weighted by Crippen LogP contribution is -2.49. The highest BCUT2D eigenvalue weighted by molar-refractivity contribution is 5.76. The predicted octanol–water partition coefficient (Wildman–Crippen LogP) is 0.0648. The van der Waals surface area contributed by atoms with Gasteiger partial charge >= 0.3 is 5.69 Å². The highest BCUT2D eigenvalue weighted by Gasteiger charge is 2.26. The SMILES string of the molecule is C[C@H]1CN(C(=O)Cn2nnn(-c3ccccc3)c2=O)C[C@H](C)O1. The number of amides is 1. The Morgan fingerprint density at radius 2 is 1.83 bits per heavy atom. The Morgan fingerprint density at radius 1 is 1.17 bits per heavy atom. The molecule has 0 saturated carbocycles. The van der Waals surface area contributed by atoms with Crippen molar-refractivity contribution in [2.75, 3.05) is 13.1 Å². The van der Waals surface area contributed by atoms with E-state index in [9.17, 15) is 9.59 Å². The summed E-state index contributed by atoms with van der Waals surface area (Å²) in [5, 5.41) is 7.64. The molecule has 8 nitrogen and oxygen atoms in total. The third kappa shape index (κ3) is 3.31. The number of aromatic nitrogens is 4. The molecule has 3 rings (SSSR count). The van der Waals surface area contributed by atoms with Crippen LogP contribution in [0, 0.1) is 0 Å². The van der Waals surface area contributed by atoms with Crippen LogP contribution in [0.4, 0.5) is 0 Å². The Bertz CT molecular complexity index is 729. The molecular weight excluding hydrogens is 298 g/mol. The second-order valence-corrected chi connectivity index (χ2v) is 5.72. The van der Waals surface area contributed by atoms with Gasteiger partial charge in [0.1, 0.15) is 6.54 Å². The number of carbonyl (C=O) groups excluding carboxylic acids is 1. The van der Waals surface area contributed by atoms with E-state index in [-0.39, 0.29) is 24.7 Å². The van der Waals surface area contributed by atoms with E-state index in [1.54, 1.807) is 17.0 Å². The number of para-hydroxylation sites is 1. The van der Waals surface area contributed by atoms with Crippen molar-refractivity contribution < 1.29 is 9.53 Å². The average molecular weight is 317 g/mol. The van der Waals surface area contributed by atoms with E-state index < -0.39 is 5.69 Å². The molecule has 1 aliphatic rings. The van der Waals surface area contributed by atoms with Crippen molar-refractivity contribution in [2.45, 2.75) is 32.6 Å². The summed E-state index contributed by atoms with van der Waals surface area (Å²) in [4.78, 5) is 26.4. The second kappa shape index (κ2) is 6.33. The first-order chi connectivity index (χ1) is 11.0. The van der Waals surface area contributed by atoms with E-state index in [1.165, 1.54) is 4.68 Å². The minimum atomic E-state index is -0.432. The molecule has 1 fully saturated rings. The zero-order chi connectivity index (χ0) is 16.4. The number of rotatable bonds is 3. The quantitative estimate of drug-likeness (QED) is 0.800. The molecule has 1 aliphatic heterocycles. The Morgan fingerprint density at radius 3 is 2.48 bits per heavy atom. The van der Waals surface area contributed by atoms with Gasteiger partial charge in [-0.1, -0.05) is 18.2 Å². The Hall–Kier alpha value is -2.48. The summed E-state index contributed by atoms with van der Waals surface area (Å²) < 4.78 is 7.87. The van der Waals surface area contributed by atoms with Gasteiger partial charge in [-0.3, -0.25) is 4.79 Å². The molecule has 1 amide bonds. The standard InChI is InChI=1S/C15H19N5O3/c1-11-8-18(9-12(2)23-11)14(21)10-19-15(22)20(17-16-19)13-6-4-3-5-7-13/h3-7,11-12H,8-10H2,1-2H3/t11-,12-/m0/s1. The van der Waals surface area contributed by atoms with Crippen molar-refractivity contribution in [1.82, 2.24) is 24.7 Å². The van der Waals surface area contributed by atoms with Crippen molar-refractivity contribution in [3.63, 3.8) is 0 Å². The average Bonchev–Trinajstić information content (AvgIpc) is 2.88. The van der Waals surface area contributed by atoms with Crippen LogP contribution in [0.5, 0.6) is 0 Å². The predicted molar refractivity (Wildman–Crippen MR) is 82.2 cm³/mol. The second-order valence-electron chi connectivity index (χ2n) is 5.72. The van der Waals surface area contributed by atoms with Gasteiger partial charge in [-0.05, 0) is 36.4 Å². The molecule has 8 heteroatoms. The lowest BCUT2D eigenvalue weighted by atomic mass is 10.2. The molecule has 23 heavy (non-hydrogen) atoms. The topological polar surface area (TPSA) is 82.3 Å². The third-order valence-corrected chi connectivity index (χ3v) is 3.70. The summed E-state index contributed by atoms with van der Waals surface area (Å²) >= 11 is 0. The van der Waals surface area contributed by atoms with Crippen LogP contribution in [-0.2, 0) is 16.1 Å². The molecule has 0 aliphatic carbocycles. The van der Waals surface area contributed by atoms with Crippen LogP contribution < -0.4 is 5.69 Å². The zero-order valence-electron chi connectivity index (χ0n) is 13.1. The molecule has 2 aromatic rings. The summed E-state index contributed by atoms with van der Waals surface area (Å²) in [5.41, 5.74) is 0.184. The van der Waals surface area contributed by atoms with Crippen molar-refractivity contribution in [2.24, 2.45) is 0 Å². The van der Waals surface area contributed by atoms with Gasteiger partial charge in [0.15, 0.2) is 0 Å². The fourth-order valence-electron chi connectivity index (χ4n) is 2.71. The molecule has 122 valence electrons. The first-order valence-corrected chi connectivity index (χ1v) is 7.56. The summed E-state index contributed by atoms with van der Waals surface area (Å²) in [6, 6.07) is 8.98. The van der Waals surface area contributed by atoms with Crippen molar-refractivity contribution >= 4 is 5.91 Å². The van der Waals surface area contributed by atoms with Crippen LogP contribution >= 0.6 is 0 Å². The van der Waals surface area contributed by atoms with Gasteiger partial charge in [-0.15, -0.1) is 0 Å². The maximum atomic E-state index is 12.4. The maximum Gasteiger partial charge on any atom is 0.368 e. The molecule has 0 spiro atoms. The summed E-state index contributed by atoms with van der Waals surface area (Å²) in [7, 11) is 0. The molecule has 1 aromatic carbocycles. The highest BCUT2D eigenvalue weighted by atomic mass is 16.5. The van der Waals surface area contributed by atoms with Crippen LogP contribution in [0.3, 0.4) is 0 Å². The number of carbonyl (C=O) groups is 1. The maximum absolute atomic E-state index is 12.4. The summed E-state index contributed by atoms with van der Waals surface area (Å²) in [5.74, 6) is -0.158. The van der Waals surface area contributed by atoms with Gasteiger partial charge in [0.25, 0.3) is 0 Å². The molecule has 2 atom stereocenters.